The molecule has 268 valence electrons. The number of rotatable bonds is 30. The van der Waals surface area contributed by atoms with Crippen LogP contribution in [-0.4, -0.2) is 75.5 Å². The Morgan fingerprint density at radius 3 is 1.85 bits per heavy atom. The molecule has 0 aromatic heterocycles. The van der Waals surface area contributed by atoms with E-state index in [0.717, 1.165) is 64.2 Å². The molecule has 0 heterocycles. The molecule has 8 nitrogen and oxygen atoms in total. The zero-order chi connectivity index (χ0) is 35.0. The van der Waals surface area contributed by atoms with Crippen LogP contribution in [0.1, 0.15) is 117 Å². The normalized spacial score (nSPS) is 13.8. The van der Waals surface area contributed by atoms with Crippen molar-refractivity contribution in [2.45, 2.75) is 129 Å². The van der Waals surface area contributed by atoms with Crippen LogP contribution in [0.25, 0.3) is 0 Å². The van der Waals surface area contributed by atoms with Gasteiger partial charge in [-0.2, -0.15) is 0 Å². The zero-order valence-corrected chi connectivity index (χ0v) is 30.2. The second-order valence-electron chi connectivity index (χ2n) is 12.7. The number of hydrogen-bond acceptors (Lipinski definition) is 7. The maximum Gasteiger partial charge on any atom is 0.306 e. The second-order valence-corrected chi connectivity index (χ2v) is 12.7. The van der Waals surface area contributed by atoms with E-state index in [-0.39, 0.29) is 43.1 Å². The first-order chi connectivity index (χ1) is 22.6. The van der Waals surface area contributed by atoms with Gasteiger partial charge < -0.3 is 28.6 Å². The van der Waals surface area contributed by atoms with Gasteiger partial charge in [0.2, 0.25) is 0 Å². The minimum absolute atomic E-state index is 0.00655. The quantitative estimate of drug-likeness (QED) is 0.0344. The maximum absolute atomic E-state index is 12.6. The number of esters is 2. The van der Waals surface area contributed by atoms with Crippen molar-refractivity contribution in [3.8, 4) is 0 Å². The van der Waals surface area contributed by atoms with Gasteiger partial charge in [-0.05, 0) is 57.8 Å². The number of nitrogens with zero attached hydrogens (tertiary/aromatic N) is 1. The number of quaternary nitrogens is 1. The summed E-state index contributed by atoms with van der Waals surface area (Å²) in [5, 5.41) is 11.5. The fourth-order valence-corrected chi connectivity index (χ4v) is 4.61. The number of aliphatic carboxylic acids is 1. The highest BCUT2D eigenvalue weighted by molar-refractivity contribution is 5.70. The number of hydrogen-bond donors (Lipinski definition) is 0. The van der Waals surface area contributed by atoms with E-state index < -0.39 is 24.1 Å². The van der Waals surface area contributed by atoms with Crippen molar-refractivity contribution in [1.82, 2.24) is 0 Å². The molecule has 0 aromatic carbocycles. The highest BCUT2D eigenvalue weighted by Gasteiger charge is 2.25. The average molecular weight is 660 g/mol. The highest BCUT2D eigenvalue weighted by Crippen LogP contribution is 2.11. The average Bonchev–Trinajstić information content (AvgIpc) is 3.01. The number of allylic oxidation sites excluding steroid dienone is 10. The molecule has 0 fully saturated rings. The summed E-state index contributed by atoms with van der Waals surface area (Å²) in [7, 11) is 5.35. The predicted molar refractivity (Wildman–Crippen MR) is 189 cm³/mol. The van der Waals surface area contributed by atoms with E-state index >= 15 is 0 Å². The van der Waals surface area contributed by atoms with E-state index in [0.29, 0.717) is 12.8 Å². The molecule has 0 N–H and O–H groups in total. The molecule has 0 aliphatic rings. The summed E-state index contributed by atoms with van der Waals surface area (Å²) in [6.07, 6.45) is 34.1. The van der Waals surface area contributed by atoms with Crippen molar-refractivity contribution < 1.29 is 38.2 Å². The molecule has 0 aliphatic heterocycles. The topological polar surface area (TPSA) is 102 Å². The minimum Gasteiger partial charge on any atom is -0.544 e. The number of carboxylic acids is 1. The van der Waals surface area contributed by atoms with E-state index in [9.17, 15) is 19.5 Å². The molecule has 0 rings (SSSR count). The smallest absolute Gasteiger partial charge is 0.306 e. The fourth-order valence-electron chi connectivity index (χ4n) is 4.61. The van der Waals surface area contributed by atoms with Crippen molar-refractivity contribution in [2.24, 2.45) is 0 Å². The zero-order valence-electron chi connectivity index (χ0n) is 30.2. The molecule has 47 heavy (non-hydrogen) atoms. The lowest BCUT2D eigenvalue weighted by atomic mass is 10.1. The van der Waals surface area contributed by atoms with Gasteiger partial charge in [-0.15, -0.1) is 0 Å². The van der Waals surface area contributed by atoms with Crippen molar-refractivity contribution in [2.75, 3.05) is 41.0 Å². The van der Waals surface area contributed by atoms with Gasteiger partial charge in [0.05, 0.1) is 40.3 Å². The standard InChI is InChI=1S/C39H65NO7/c1-6-8-10-12-14-16-18-19-20-22-24-26-28-30-38(42)47-35(33-45-32-31-36(39(43)44)40(3,4)5)34-46-37(41)29-27-25-23-21-17-15-13-11-9-7-2/h8,10-11,13-14,16,19-20,24,26,35-36H,6-7,9,12,15,17-18,21-23,25,27-34H2,1-5H3/b10-8-,13-11-,16-14-,20-19-,26-24-. The summed E-state index contributed by atoms with van der Waals surface area (Å²) in [6, 6.07) is -0.738. The van der Waals surface area contributed by atoms with Crippen LogP contribution in [0.3, 0.4) is 0 Å². The second kappa shape index (κ2) is 30.4. The minimum atomic E-state index is -1.14. The van der Waals surface area contributed by atoms with Crippen LogP contribution >= 0.6 is 0 Å². The first-order valence-corrected chi connectivity index (χ1v) is 17.8. The first-order valence-electron chi connectivity index (χ1n) is 17.8. The lowest BCUT2D eigenvalue weighted by molar-refractivity contribution is -0.889. The van der Waals surface area contributed by atoms with Crippen LogP contribution in [0, 0.1) is 0 Å². The van der Waals surface area contributed by atoms with E-state index in [2.05, 4.69) is 62.5 Å². The van der Waals surface area contributed by atoms with Gasteiger partial charge in [0, 0.05) is 19.3 Å². The third kappa shape index (κ3) is 28.9. The number of likely N-dealkylation sites (N-methyl/N-ethyl adjacent to an activating group) is 1. The van der Waals surface area contributed by atoms with Crippen LogP contribution in [0.5, 0.6) is 0 Å². The summed E-state index contributed by atoms with van der Waals surface area (Å²) in [6.45, 7) is 4.35. The van der Waals surface area contributed by atoms with Crippen LogP contribution in [0.2, 0.25) is 0 Å². The lowest BCUT2D eigenvalue weighted by Crippen LogP contribution is -2.55. The number of carbonyl (C=O) groups excluding carboxylic acids is 3. The highest BCUT2D eigenvalue weighted by atomic mass is 16.6. The molecule has 0 saturated heterocycles. The van der Waals surface area contributed by atoms with E-state index in [1.165, 1.54) is 12.8 Å². The molecular weight excluding hydrogens is 594 g/mol. The maximum atomic E-state index is 12.6. The van der Waals surface area contributed by atoms with Crippen LogP contribution in [-0.2, 0) is 28.6 Å². The number of carboxylic acid groups (broad SMARTS) is 1. The van der Waals surface area contributed by atoms with Gasteiger partial charge in [0.15, 0.2) is 6.10 Å². The van der Waals surface area contributed by atoms with Gasteiger partial charge in [-0.25, -0.2) is 0 Å². The van der Waals surface area contributed by atoms with Crippen molar-refractivity contribution in [3.05, 3.63) is 60.8 Å². The summed E-state index contributed by atoms with van der Waals surface area (Å²) in [4.78, 5) is 36.5. The molecular formula is C39H65NO7. The Bertz CT molecular complexity index is 959. The molecule has 8 heteroatoms. The molecule has 2 unspecified atom stereocenters. The van der Waals surface area contributed by atoms with Gasteiger partial charge in [-0.3, -0.25) is 9.59 Å². The van der Waals surface area contributed by atoms with E-state index in [4.69, 9.17) is 14.2 Å². The molecule has 0 bridgehead atoms. The Kier molecular flexibility index (Phi) is 28.4. The van der Waals surface area contributed by atoms with Crippen LogP contribution < -0.4 is 5.11 Å². The third-order valence-electron chi connectivity index (χ3n) is 7.38. The van der Waals surface area contributed by atoms with Gasteiger partial charge in [-0.1, -0.05) is 100 Å². The van der Waals surface area contributed by atoms with Gasteiger partial charge in [0.1, 0.15) is 12.6 Å². The lowest BCUT2D eigenvalue weighted by Gasteiger charge is -2.34. The summed E-state index contributed by atoms with van der Waals surface area (Å²) in [5.41, 5.74) is 0. The van der Waals surface area contributed by atoms with Gasteiger partial charge >= 0.3 is 11.9 Å². The Hall–Kier alpha value is -2.97. The molecule has 0 spiro atoms. The molecule has 0 aliphatic carbocycles. The number of ether oxygens (including phenoxy) is 3. The summed E-state index contributed by atoms with van der Waals surface area (Å²) in [5.74, 6) is -1.87. The first kappa shape index (κ1) is 44.0. The van der Waals surface area contributed by atoms with Crippen molar-refractivity contribution >= 4 is 17.9 Å². The summed E-state index contributed by atoms with van der Waals surface area (Å²) < 4.78 is 16.9. The number of carbonyl (C=O) groups is 3. The Morgan fingerprint density at radius 1 is 0.660 bits per heavy atom. The van der Waals surface area contributed by atoms with E-state index in [1.807, 2.05) is 12.2 Å². The Morgan fingerprint density at radius 2 is 1.23 bits per heavy atom. The van der Waals surface area contributed by atoms with E-state index in [1.54, 1.807) is 21.1 Å². The Balaban J connectivity index is 4.61. The fraction of sp³-hybridized carbons (Fsp3) is 0.667. The monoisotopic (exact) mass is 659 g/mol. The third-order valence-corrected chi connectivity index (χ3v) is 7.38. The van der Waals surface area contributed by atoms with Crippen LogP contribution in [0.4, 0.5) is 0 Å². The summed E-state index contributed by atoms with van der Waals surface area (Å²) >= 11 is 0. The largest absolute Gasteiger partial charge is 0.544 e. The SMILES string of the molecule is CC/C=C\C/C=C\C/C=C\C/C=C\CCC(=O)OC(COCCC(C(=O)[O-])[N+](C)(C)C)COC(=O)CCCCCCC/C=C\CCC. The molecule has 0 amide bonds. The Labute approximate surface area is 286 Å². The predicted octanol–water partition coefficient (Wildman–Crippen LogP) is 7.35. The number of unbranched alkanes of at least 4 members (excludes halogenated alkanes) is 6. The van der Waals surface area contributed by atoms with Crippen molar-refractivity contribution in [3.63, 3.8) is 0 Å². The molecule has 0 aromatic rings. The van der Waals surface area contributed by atoms with Gasteiger partial charge in [0.25, 0.3) is 0 Å². The molecule has 0 radical (unpaired) electrons. The van der Waals surface area contributed by atoms with Crippen LogP contribution in [0.15, 0.2) is 60.8 Å². The molecule has 2 atom stereocenters. The van der Waals surface area contributed by atoms with Crippen molar-refractivity contribution in [1.29, 1.82) is 0 Å². The molecule has 0 saturated carbocycles.